The van der Waals surface area contributed by atoms with E-state index in [0.29, 0.717) is 6.42 Å². The standard InChI is InChI=1S/C31H38O3P.BrH/c1-34-31(33)26-27(32)18-10-5-3-2-4-6-17-25-35(28-19-11-7-12-20-28,29-21-13-8-14-22-29)30-23-15-9-16-24-30;/h7-9,11-16,19-24H,2-6,10,17-18,25-26H2,1H3;1H/q+1;/p-1. The molecule has 0 unspecified atom stereocenters. The maximum atomic E-state index is 11.7. The van der Waals surface area contributed by atoms with E-state index in [1.54, 1.807) is 0 Å². The van der Waals surface area contributed by atoms with Crippen molar-refractivity contribution in [1.29, 1.82) is 0 Å². The van der Waals surface area contributed by atoms with E-state index >= 15 is 0 Å². The number of Topliss-reactive ketones (excluding diaryl/α,β-unsaturated/α-hetero) is 1. The number of methoxy groups -OCH3 is 1. The summed E-state index contributed by atoms with van der Waals surface area (Å²) in [5.74, 6) is -0.449. The number of carbonyl (C=O) groups is 2. The molecule has 3 aromatic rings. The summed E-state index contributed by atoms with van der Waals surface area (Å²) in [5.41, 5.74) is 0. The molecule has 36 heavy (non-hydrogen) atoms. The van der Waals surface area contributed by atoms with Crippen LogP contribution in [0.15, 0.2) is 91.0 Å². The first kappa shape index (κ1) is 29.9. The molecule has 0 bridgehead atoms. The Kier molecular flexibility index (Phi) is 13.7. The number of rotatable bonds is 15. The number of esters is 1. The van der Waals surface area contributed by atoms with Gasteiger partial charge >= 0.3 is 5.97 Å². The van der Waals surface area contributed by atoms with Crippen LogP contribution in [-0.4, -0.2) is 25.0 Å². The van der Waals surface area contributed by atoms with Crippen LogP contribution >= 0.6 is 7.26 Å². The van der Waals surface area contributed by atoms with Crippen LogP contribution in [0.2, 0.25) is 0 Å². The molecule has 0 saturated heterocycles. The summed E-state index contributed by atoms with van der Waals surface area (Å²) in [6.07, 6.45) is 9.43. The third-order valence-corrected chi connectivity index (χ3v) is 11.1. The second kappa shape index (κ2) is 16.5. The van der Waals surface area contributed by atoms with Gasteiger partial charge in [0.1, 0.15) is 35.4 Å². The second-order valence-corrected chi connectivity index (χ2v) is 12.7. The quantitative estimate of drug-likeness (QED) is 0.122. The summed E-state index contributed by atoms with van der Waals surface area (Å²) >= 11 is 0. The van der Waals surface area contributed by atoms with E-state index in [-0.39, 0.29) is 29.2 Å². The van der Waals surface area contributed by atoms with Gasteiger partial charge in [0.05, 0.1) is 13.3 Å². The summed E-state index contributed by atoms with van der Waals surface area (Å²) in [5, 5.41) is 4.36. The van der Waals surface area contributed by atoms with Crippen LogP contribution in [0.3, 0.4) is 0 Å². The molecule has 0 atom stereocenters. The lowest BCUT2D eigenvalue weighted by atomic mass is 10.1. The first-order valence-electron chi connectivity index (χ1n) is 12.8. The van der Waals surface area contributed by atoms with E-state index in [9.17, 15) is 9.59 Å². The van der Waals surface area contributed by atoms with Crippen LogP contribution in [0.5, 0.6) is 0 Å². The molecule has 3 aromatic carbocycles. The van der Waals surface area contributed by atoms with Gasteiger partial charge in [-0.15, -0.1) is 0 Å². The highest BCUT2D eigenvalue weighted by molar-refractivity contribution is 7.95. The maximum Gasteiger partial charge on any atom is 0.313 e. The minimum atomic E-state index is -1.72. The predicted octanol–water partition coefficient (Wildman–Crippen LogP) is 3.24. The number of ether oxygens (including phenoxy) is 1. The van der Waals surface area contributed by atoms with Crippen LogP contribution in [0.4, 0.5) is 0 Å². The van der Waals surface area contributed by atoms with Gasteiger partial charge in [-0.05, 0) is 55.7 Å². The van der Waals surface area contributed by atoms with Crippen molar-refractivity contribution in [2.45, 2.75) is 57.8 Å². The Morgan fingerprint density at radius 3 is 1.42 bits per heavy atom. The smallest absolute Gasteiger partial charge is 0.313 e. The van der Waals surface area contributed by atoms with Crippen molar-refractivity contribution in [2.24, 2.45) is 0 Å². The molecule has 0 aliphatic heterocycles. The molecule has 0 spiro atoms. The van der Waals surface area contributed by atoms with Crippen LogP contribution in [0.25, 0.3) is 0 Å². The number of hydrogen-bond donors (Lipinski definition) is 0. The van der Waals surface area contributed by atoms with Gasteiger partial charge in [-0.3, -0.25) is 9.59 Å². The molecular weight excluding hydrogens is 531 g/mol. The zero-order valence-corrected chi connectivity index (χ0v) is 23.8. The van der Waals surface area contributed by atoms with E-state index in [2.05, 4.69) is 95.7 Å². The number of ketones is 1. The van der Waals surface area contributed by atoms with E-state index in [0.717, 1.165) is 19.3 Å². The fraction of sp³-hybridized carbons (Fsp3) is 0.355. The largest absolute Gasteiger partial charge is 1.00 e. The Balaban J connectivity index is 0.00000456. The van der Waals surface area contributed by atoms with Crippen molar-refractivity contribution in [1.82, 2.24) is 0 Å². The van der Waals surface area contributed by atoms with Gasteiger partial charge in [-0.1, -0.05) is 80.3 Å². The lowest BCUT2D eigenvalue weighted by Crippen LogP contribution is -3.00. The van der Waals surface area contributed by atoms with Crippen LogP contribution in [-0.2, 0) is 14.3 Å². The molecule has 192 valence electrons. The molecule has 0 aromatic heterocycles. The van der Waals surface area contributed by atoms with Gasteiger partial charge < -0.3 is 21.7 Å². The molecule has 0 aliphatic rings. The Hall–Kier alpha value is -2.29. The summed E-state index contributed by atoms with van der Waals surface area (Å²) in [4.78, 5) is 22.9. The second-order valence-electron chi connectivity index (χ2n) is 9.06. The number of carbonyl (C=O) groups excluding carboxylic acids is 2. The third kappa shape index (κ3) is 8.68. The van der Waals surface area contributed by atoms with Gasteiger partial charge in [0.15, 0.2) is 0 Å². The summed E-state index contributed by atoms with van der Waals surface area (Å²) < 4.78 is 4.55. The maximum absolute atomic E-state index is 11.7. The number of hydrogen-bond acceptors (Lipinski definition) is 3. The fourth-order valence-corrected chi connectivity index (χ4v) is 9.17. The monoisotopic (exact) mass is 568 g/mol. The van der Waals surface area contributed by atoms with Gasteiger partial charge in [0, 0.05) is 6.42 Å². The Morgan fingerprint density at radius 1 is 0.611 bits per heavy atom. The predicted molar refractivity (Wildman–Crippen MR) is 149 cm³/mol. The number of halogens is 1. The first-order chi connectivity index (χ1) is 17.2. The molecule has 3 rings (SSSR count). The Morgan fingerprint density at radius 2 is 1.00 bits per heavy atom. The van der Waals surface area contributed by atoms with E-state index in [1.807, 2.05) is 0 Å². The zero-order valence-electron chi connectivity index (χ0n) is 21.3. The molecule has 0 N–H and O–H groups in total. The lowest BCUT2D eigenvalue weighted by molar-refractivity contribution is -0.143. The van der Waals surface area contributed by atoms with Crippen LogP contribution in [0.1, 0.15) is 57.8 Å². The van der Waals surface area contributed by atoms with Crippen LogP contribution < -0.4 is 32.9 Å². The summed E-state index contributed by atoms with van der Waals surface area (Å²) in [6.45, 7) is 0. The highest BCUT2D eigenvalue weighted by atomic mass is 79.9. The van der Waals surface area contributed by atoms with Gasteiger partial charge in [-0.25, -0.2) is 0 Å². The third-order valence-electron chi connectivity index (χ3n) is 6.61. The Labute approximate surface area is 227 Å². The van der Waals surface area contributed by atoms with Crippen molar-refractivity contribution >= 4 is 34.9 Å². The molecule has 0 saturated carbocycles. The van der Waals surface area contributed by atoms with Crippen LogP contribution in [0, 0.1) is 0 Å². The van der Waals surface area contributed by atoms with Crippen molar-refractivity contribution in [3.05, 3.63) is 91.0 Å². The van der Waals surface area contributed by atoms with Crippen molar-refractivity contribution in [3.8, 4) is 0 Å². The normalized spacial score (nSPS) is 10.9. The van der Waals surface area contributed by atoms with Gasteiger partial charge in [0.25, 0.3) is 0 Å². The average Bonchev–Trinajstić information content (AvgIpc) is 2.91. The summed E-state index contributed by atoms with van der Waals surface area (Å²) in [7, 11) is -0.400. The number of unbranched alkanes of at least 4 members (excludes halogenated alkanes) is 6. The topological polar surface area (TPSA) is 43.4 Å². The molecule has 0 radical (unpaired) electrons. The molecule has 0 fully saturated rings. The van der Waals surface area contributed by atoms with Gasteiger partial charge in [-0.2, -0.15) is 0 Å². The van der Waals surface area contributed by atoms with Crippen molar-refractivity contribution < 1.29 is 31.3 Å². The minimum Gasteiger partial charge on any atom is -1.00 e. The molecule has 0 heterocycles. The van der Waals surface area contributed by atoms with Gasteiger partial charge in [0.2, 0.25) is 0 Å². The van der Waals surface area contributed by atoms with E-state index in [4.69, 9.17) is 0 Å². The molecule has 3 nitrogen and oxygen atoms in total. The highest BCUT2D eigenvalue weighted by Crippen LogP contribution is 2.55. The molecular formula is C31H38BrO3P. The summed E-state index contributed by atoms with van der Waals surface area (Å²) in [6, 6.07) is 33.2. The van der Waals surface area contributed by atoms with Crippen molar-refractivity contribution in [3.63, 3.8) is 0 Å². The Bertz CT molecular complexity index is 929. The fourth-order valence-electron chi connectivity index (χ4n) is 4.76. The highest BCUT2D eigenvalue weighted by Gasteiger charge is 2.44. The minimum absolute atomic E-state index is 0. The molecule has 0 amide bonds. The molecule has 5 heteroatoms. The van der Waals surface area contributed by atoms with E-state index in [1.165, 1.54) is 54.9 Å². The molecule has 0 aliphatic carbocycles. The first-order valence-corrected chi connectivity index (χ1v) is 14.8. The SMILES string of the molecule is COC(=O)CC(=O)CCCCCCCCC[P+](c1ccccc1)(c1ccccc1)c1ccccc1.[Br-]. The zero-order chi connectivity index (χ0) is 24.8. The van der Waals surface area contributed by atoms with E-state index < -0.39 is 13.2 Å². The average molecular weight is 570 g/mol. The number of benzene rings is 3. The van der Waals surface area contributed by atoms with Crippen molar-refractivity contribution in [2.75, 3.05) is 13.3 Å². The lowest BCUT2D eigenvalue weighted by Gasteiger charge is -2.27.